The van der Waals surface area contributed by atoms with E-state index in [0.29, 0.717) is 59.1 Å². The number of hydrogen-bond donors (Lipinski definition) is 1. The lowest BCUT2D eigenvalue weighted by molar-refractivity contribution is 0.0164. The van der Waals surface area contributed by atoms with Gasteiger partial charge in [0.2, 0.25) is 0 Å². The lowest BCUT2D eigenvalue weighted by Crippen LogP contribution is -2.42. The van der Waals surface area contributed by atoms with Crippen LogP contribution in [0.1, 0.15) is 80.8 Å². The first-order valence-corrected chi connectivity index (χ1v) is 17.1. The molecule has 1 fully saturated rings. The molecule has 0 spiro atoms. The first kappa shape index (κ1) is 37.1. The fraction of sp³-hybridized carbons (Fsp3) is 0.474. The van der Waals surface area contributed by atoms with Gasteiger partial charge in [-0.1, -0.05) is 32.9 Å². The van der Waals surface area contributed by atoms with E-state index < -0.39 is 28.8 Å². The first-order chi connectivity index (χ1) is 23.8. The van der Waals surface area contributed by atoms with Gasteiger partial charge >= 0.3 is 18.3 Å². The summed E-state index contributed by atoms with van der Waals surface area (Å²) in [7, 11) is 0. The van der Waals surface area contributed by atoms with E-state index in [1.54, 1.807) is 56.1 Å². The largest absolute Gasteiger partial charge is 0.493 e. The van der Waals surface area contributed by atoms with Crippen LogP contribution in [0.15, 0.2) is 54.7 Å². The van der Waals surface area contributed by atoms with Crippen LogP contribution in [0, 0.1) is 5.92 Å². The molecule has 13 nitrogen and oxygen atoms in total. The summed E-state index contributed by atoms with van der Waals surface area (Å²) in [5.74, 6) is 1.57. The maximum absolute atomic E-state index is 13.8. The van der Waals surface area contributed by atoms with Gasteiger partial charge in [0.15, 0.2) is 5.82 Å². The summed E-state index contributed by atoms with van der Waals surface area (Å²) in [4.78, 5) is 50.7. The van der Waals surface area contributed by atoms with E-state index in [1.165, 1.54) is 4.90 Å². The molecule has 2 aromatic carbocycles. The number of likely N-dealkylation sites (tertiary alicyclic amines) is 1. The van der Waals surface area contributed by atoms with Crippen molar-refractivity contribution in [3.05, 3.63) is 60.4 Å². The standard InChI is InChI=1S/C38H48N6O7/c1-36(2,3)31-28-22-26(13-14-29(28)44(41-31)33(45)46)43(35(48)51-38(7,8)9)30-15-18-39-32(40-30)25-11-10-12-27(21-25)49-23-24-16-19-42(20-17-24)34(47)50-37(4,5)6/h10-15,18,21-22,24H,16-17,19-20,23H2,1-9H3,(H,45,46). The average Bonchev–Trinajstić information content (AvgIpc) is 3.43. The zero-order valence-corrected chi connectivity index (χ0v) is 30.9. The fourth-order valence-electron chi connectivity index (χ4n) is 5.74. The number of rotatable bonds is 6. The number of nitrogens with zero attached hydrogens (tertiary/aromatic N) is 6. The normalized spacial score (nSPS) is 14.3. The second-order valence-electron chi connectivity index (χ2n) is 15.8. The number of ether oxygens (including phenoxy) is 3. The zero-order valence-electron chi connectivity index (χ0n) is 30.9. The molecule has 0 saturated carbocycles. The van der Waals surface area contributed by atoms with Gasteiger partial charge < -0.3 is 24.2 Å². The monoisotopic (exact) mass is 700 g/mol. The summed E-state index contributed by atoms with van der Waals surface area (Å²) in [5, 5.41) is 14.8. The maximum atomic E-state index is 13.8. The second kappa shape index (κ2) is 14.2. The Morgan fingerprint density at radius 2 is 1.59 bits per heavy atom. The van der Waals surface area contributed by atoms with Crippen LogP contribution in [0.25, 0.3) is 22.3 Å². The number of piperidine rings is 1. The molecule has 2 aromatic heterocycles. The summed E-state index contributed by atoms with van der Waals surface area (Å²) in [6, 6.07) is 14.1. The topological polar surface area (TPSA) is 149 Å². The number of carbonyl (C=O) groups excluding carboxylic acids is 2. The van der Waals surface area contributed by atoms with Crippen molar-refractivity contribution in [3.8, 4) is 17.1 Å². The van der Waals surface area contributed by atoms with E-state index in [0.717, 1.165) is 17.5 Å². The van der Waals surface area contributed by atoms with Crippen LogP contribution in [0.2, 0.25) is 0 Å². The highest BCUT2D eigenvalue weighted by Crippen LogP contribution is 2.35. The van der Waals surface area contributed by atoms with Gasteiger partial charge in [0, 0.05) is 35.7 Å². The Hall–Kier alpha value is -5.20. The van der Waals surface area contributed by atoms with Crippen LogP contribution in [-0.4, -0.2) is 78.9 Å². The van der Waals surface area contributed by atoms with Gasteiger partial charge in [0.1, 0.15) is 22.8 Å². The highest BCUT2D eigenvalue weighted by molar-refractivity contribution is 5.99. The third kappa shape index (κ3) is 9.13. The minimum atomic E-state index is -1.21. The number of aromatic nitrogens is 4. The van der Waals surface area contributed by atoms with Crippen molar-refractivity contribution in [2.24, 2.45) is 5.92 Å². The Kier molecular flexibility index (Phi) is 10.3. The second-order valence-corrected chi connectivity index (χ2v) is 15.8. The van der Waals surface area contributed by atoms with Gasteiger partial charge in [0.25, 0.3) is 0 Å². The fourth-order valence-corrected chi connectivity index (χ4v) is 5.74. The molecule has 0 aliphatic carbocycles. The Balaban J connectivity index is 1.40. The Bertz CT molecular complexity index is 1910. The smallest absolute Gasteiger partial charge is 0.432 e. The highest BCUT2D eigenvalue weighted by atomic mass is 16.6. The van der Waals surface area contributed by atoms with Crippen molar-refractivity contribution in [3.63, 3.8) is 0 Å². The van der Waals surface area contributed by atoms with E-state index in [9.17, 15) is 19.5 Å². The third-order valence-electron chi connectivity index (χ3n) is 8.10. The SMILES string of the molecule is CC(C)(C)OC(=O)N1CCC(COc2cccc(-c3nccc(N(C(=O)OC(C)(C)C)c4ccc5c(c4)c(C(C)(C)C)nn5C(=O)O)n3)c2)CC1. The quantitative estimate of drug-likeness (QED) is 0.208. The molecule has 272 valence electrons. The van der Waals surface area contributed by atoms with Crippen molar-refractivity contribution >= 4 is 40.7 Å². The lowest BCUT2D eigenvalue weighted by atomic mass is 9.90. The molecule has 0 unspecified atom stereocenters. The van der Waals surface area contributed by atoms with Crippen LogP contribution in [0.5, 0.6) is 5.75 Å². The molecular formula is C38H48N6O7. The van der Waals surface area contributed by atoms with Gasteiger partial charge in [-0.2, -0.15) is 9.78 Å². The van der Waals surface area contributed by atoms with Crippen LogP contribution in [-0.2, 0) is 14.9 Å². The van der Waals surface area contributed by atoms with Crippen LogP contribution < -0.4 is 9.64 Å². The summed E-state index contributed by atoms with van der Waals surface area (Å²) >= 11 is 0. The van der Waals surface area contributed by atoms with E-state index >= 15 is 0 Å². The molecule has 3 heterocycles. The molecule has 1 saturated heterocycles. The Labute approximate surface area is 298 Å². The predicted octanol–water partition coefficient (Wildman–Crippen LogP) is 8.42. The highest BCUT2D eigenvalue weighted by Gasteiger charge is 2.30. The predicted molar refractivity (Wildman–Crippen MR) is 194 cm³/mol. The first-order valence-electron chi connectivity index (χ1n) is 17.1. The number of carboxylic acid groups (broad SMARTS) is 1. The molecule has 1 aliphatic heterocycles. The molecule has 1 aliphatic rings. The van der Waals surface area contributed by atoms with Gasteiger partial charge in [0.05, 0.1) is 23.5 Å². The van der Waals surface area contributed by atoms with E-state index in [1.807, 2.05) is 65.8 Å². The van der Waals surface area contributed by atoms with Crippen LogP contribution in [0.4, 0.5) is 25.9 Å². The Morgan fingerprint density at radius 1 is 0.902 bits per heavy atom. The molecule has 1 N–H and O–H groups in total. The molecule has 4 aromatic rings. The van der Waals surface area contributed by atoms with E-state index in [2.05, 4.69) is 10.1 Å². The number of benzene rings is 2. The summed E-state index contributed by atoms with van der Waals surface area (Å²) in [6.07, 6.45) is 1.04. The molecule has 5 rings (SSSR count). The molecule has 51 heavy (non-hydrogen) atoms. The number of carbonyl (C=O) groups is 3. The van der Waals surface area contributed by atoms with Crippen molar-refractivity contribution in [1.82, 2.24) is 24.6 Å². The summed E-state index contributed by atoms with van der Waals surface area (Å²) in [5.41, 5.74) is 0.254. The third-order valence-corrected chi connectivity index (χ3v) is 8.10. The van der Waals surface area contributed by atoms with Gasteiger partial charge in [-0.05, 0) is 96.7 Å². The molecule has 0 radical (unpaired) electrons. The van der Waals surface area contributed by atoms with Gasteiger partial charge in [-0.25, -0.2) is 29.3 Å². The Morgan fingerprint density at radius 3 is 2.22 bits per heavy atom. The molecule has 0 atom stereocenters. The van der Waals surface area contributed by atoms with Crippen molar-refractivity contribution in [2.45, 2.75) is 91.8 Å². The lowest BCUT2D eigenvalue weighted by Gasteiger charge is -2.33. The van der Waals surface area contributed by atoms with Crippen molar-refractivity contribution < 1.29 is 33.7 Å². The average molecular weight is 701 g/mol. The van der Waals surface area contributed by atoms with Crippen molar-refractivity contribution in [1.29, 1.82) is 0 Å². The number of hydrogen-bond acceptors (Lipinski definition) is 9. The van der Waals surface area contributed by atoms with Crippen molar-refractivity contribution in [2.75, 3.05) is 24.6 Å². The van der Waals surface area contributed by atoms with Crippen LogP contribution >= 0.6 is 0 Å². The number of amides is 2. The van der Waals surface area contributed by atoms with E-state index in [4.69, 9.17) is 19.2 Å². The molecule has 13 heteroatoms. The minimum Gasteiger partial charge on any atom is -0.493 e. The molecule has 2 amide bonds. The maximum Gasteiger partial charge on any atom is 0.432 e. The summed E-state index contributed by atoms with van der Waals surface area (Å²) < 4.78 is 18.5. The minimum absolute atomic E-state index is 0.264. The van der Waals surface area contributed by atoms with E-state index in [-0.39, 0.29) is 17.8 Å². The number of anilines is 2. The van der Waals surface area contributed by atoms with Gasteiger partial charge in [-0.3, -0.25) is 0 Å². The molecule has 0 bridgehead atoms. The zero-order chi connectivity index (χ0) is 37.3. The van der Waals surface area contributed by atoms with Crippen LogP contribution in [0.3, 0.4) is 0 Å². The number of fused-ring (bicyclic) bond motifs is 1. The summed E-state index contributed by atoms with van der Waals surface area (Å²) in [6.45, 7) is 18.5. The molecular weight excluding hydrogens is 652 g/mol. The van der Waals surface area contributed by atoms with Gasteiger partial charge in [-0.15, -0.1) is 0 Å².